The van der Waals surface area contributed by atoms with Gasteiger partial charge in [0.2, 0.25) is 5.95 Å². The largest absolute Gasteiger partial charge is 0.356 e. The van der Waals surface area contributed by atoms with Gasteiger partial charge in [0.25, 0.3) is 0 Å². The molecule has 0 radical (unpaired) electrons. The molecule has 1 aliphatic rings. The maximum atomic E-state index is 9.08. The van der Waals surface area contributed by atoms with Gasteiger partial charge in [-0.15, -0.1) is 0 Å². The van der Waals surface area contributed by atoms with Gasteiger partial charge in [-0.1, -0.05) is 12.1 Å². The maximum absolute atomic E-state index is 9.08. The van der Waals surface area contributed by atoms with Crippen LogP contribution < -0.4 is 10.2 Å². The average molecular weight is 265 g/mol. The lowest BCUT2D eigenvalue weighted by atomic mass is 10.2. The molecule has 5 nitrogen and oxygen atoms in total. The van der Waals surface area contributed by atoms with Crippen LogP contribution in [0.25, 0.3) is 0 Å². The Labute approximate surface area is 117 Å². The van der Waals surface area contributed by atoms with Crippen molar-refractivity contribution in [3.05, 3.63) is 42.1 Å². The predicted molar refractivity (Wildman–Crippen MR) is 77.9 cm³/mol. The third kappa shape index (κ3) is 2.54. The van der Waals surface area contributed by atoms with Crippen LogP contribution >= 0.6 is 0 Å². The summed E-state index contributed by atoms with van der Waals surface area (Å²) in [6.45, 7) is 2.09. The summed E-state index contributed by atoms with van der Waals surface area (Å²) < 4.78 is 0. The van der Waals surface area contributed by atoms with E-state index in [4.69, 9.17) is 5.26 Å². The van der Waals surface area contributed by atoms with Gasteiger partial charge < -0.3 is 10.2 Å². The normalized spacial score (nSPS) is 14.1. The molecular formula is C15H15N5. The first kappa shape index (κ1) is 12.4. The Morgan fingerprint density at radius 2 is 1.95 bits per heavy atom. The molecule has 0 unspecified atom stereocenters. The Morgan fingerprint density at radius 1 is 1.15 bits per heavy atom. The van der Waals surface area contributed by atoms with Gasteiger partial charge in [-0.05, 0) is 31.0 Å². The maximum Gasteiger partial charge on any atom is 0.229 e. The highest BCUT2D eigenvalue weighted by Crippen LogP contribution is 2.21. The smallest absolute Gasteiger partial charge is 0.229 e. The standard InChI is InChI=1S/C15H15N5/c16-11-12-5-1-2-6-13(12)18-15-17-8-7-14(19-15)20-9-3-4-10-20/h1-2,5-8H,3-4,9-10H2,(H,17,18,19). The van der Waals surface area contributed by atoms with Crippen molar-refractivity contribution in [1.82, 2.24) is 9.97 Å². The van der Waals surface area contributed by atoms with Crippen LogP contribution in [0.2, 0.25) is 0 Å². The van der Waals surface area contributed by atoms with Crippen molar-refractivity contribution in [3.8, 4) is 6.07 Å². The second-order valence-electron chi connectivity index (χ2n) is 4.71. The molecule has 0 aliphatic carbocycles. The first-order valence-electron chi connectivity index (χ1n) is 6.71. The number of anilines is 3. The van der Waals surface area contributed by atoms with E-state index in [1.54, 1.807) is 12.3 Å². The van der Waals surface area contributed by atoms with Crippen LogP contribution in [0.15, 0.2) is 36.5 Å². The highest BCUT2D eigenvalue weighted by atomic mass is 15.2. The Morgan fingerprint density at radius 3 is 2.75 bits per heavy atom. The molecule has 2 heterocycles. The van der Waals surface area contributed by atoms with Gasteiger partial charge >= 0.3 is 0 Å². The molecule has 1 aliphatic heterocycles. The van der Waals surface area contributed by atoms with E-state index >= 15 is 0 Å². The van der Waals surface area contributed by atoms with E-state index in [1.807, 2.05) is 24.3 Å². The fourth-order valence-electron chi connectivity index (χ4n) is 2.34. The number of nitriles is 1. The van der Waals surface area contributed by atoms with Gasteiger partial charge in [0, 0.05) is 19.3 Å². The van der Waals surface area contributed by atoms with E-state index < -0.39 is 0 Å². The quantitative estimate of drug-likeness (QED) is 0.924. The zero-order chi connectivity index (χ0) is 13.8. The molecule has 2 aromatic rings. The molecule has 0 spiro atoms. The molecular weight excluding hydrogens is 250 g/mol. The number of nitrogens with zero attached hydrogens (tertiary/aromatic N) is 4. The second-order valence-corrected chi connectivity index (χ2v) is 4.71. The predicted octanol–water partition coefficient (Wildman–Crippen LogP) is 2.69. The molecule has 1 saturated heterocycles. The third-order valence-electron chi connectivity index (χ3n) is 3.36. The van der Waals surface area contributed by atoms with Crippen molar-refractivity contribution in [2.24, 2.45) is 0 Å². The van der Waals surface area contributed by atoms with Crippen LogP contribution in [0, 0.1) is 11.3 Å². The Bertz CT molecular complexity index is 641. The number of hydrogen-bond acceptors (Lipinski definition) is 5. The summed E-state index contributed by atoms with van der Waals surface area (Å²) in [5.41, 5.74) is 1.32. The van der Waals surface area contributed by atoms with Gasteiger partial charge in [-0.3, -0.25) is 0 Å². The molecule has 1 fully saturated rings. The minimum atomic E-state index is 0.525. The molecule has 0 atom stereocenters. The molecule has 0 amide bonds. The average Bonchev–Trinajstić information content (AvgIpc) is 3.02. The van der Waals surface area contributed by atoms with Gasteiger partial charge in [0.1, 0.15) is 11.9 Å². The van der Waals surface area contributed by atoms with Crippen LogP contribution in [0.3, 0.4) is 0 Å². The summed E-state index contributed by atoms with van der Waals surface area (Å²) in [6.07, 6.45) is 4.17. The fourth-order valence-corrected chi connectivity index (χ4v) is 2.34. The SMILES string of the molecule is N#Cc1ccccc1Nc1nccc(N2CCCC2)n1. The number of benzene rings is 1. The van der Waals surface area contributed by atoms with E-state index in [-0.39, 0.29) is 0 Å². The van der Waals surface area contributed by atoms with Crippen molar-refractivity contribution in [2.75, 3.05) is 23.3 Å². The summed E-state index contributed by atoms with van der Waals surface area (Å²) in [4.78, 5) is 11.0. The molecule has 5 heteroatoms. The lowest BCUT2D eigenvalue weighted by Gasteiger charge is -2.16. The van der Waals surface area contributed by atoms with Gasteiger partial charge in [0.15, 0.2) is 0 Å². The summed E-state index contributed by atoms with van der Waals surface area (Å²) in [5.74, 6) is 1.46. The van der Waals surface area contributed by atoms with Crippen molar-refractivity contribution in [1.29, 1.82) is 5.26 Å². The lowest BCUT2D eigenvalue weighted by molar-refractivity contribution is 0.930. The Balaban J connectivity index is 1.84. The zero-order valence-electron chi connectivity index (χ0n) is 11.1. The van der Waals surface area contributed by atoms with Crippen LogP contribution in [-0.2, 0) is 0 Å². The van der Waals surface area contributed by atoms with Gasteiger partial charge in [0.05, 0.1) is 11.3 Å². The first-order chi connectivity index (χ1) is 9.86. The third-order valence-corrected chi connectivity index (χ3v) is 3.36. The fraction of sp³-hybridized carbons (Fsp3) is 0.267. The van der Waals surface area contributed by atoms with E-state index in [2.05, 4.69) is 26.3 Å². The van der Waals surface area contributed by atoms with E-state index in [0.717, 1.165) is 24.6 Å². The highest BCUT2D eigenvalue weighted by molar-refractivity contribution is 5.63. The van der Waals surface area contributed by atoms with Gasteiger partial charge in [-0.2, -0.15) is 10.2 Å². The number of nitrogens with one attached hydrogen (secondary N) is 1. The molecule has 3 rings (SSSR count). The minimum absolute atomic E-state index is 0.525. The van der Waals surface area contributed by atoms with Gasteiger partial charge in [-0.25, -0.2) is 4.98 Å². The molecule has 0 saturated carbocycles. The summed E-state index contributed by atoms with van der Waals surface area (Å²) in [7, 11) is 0. The zero-order valence-corrected chi connectivity index (χ0v) is 11.1. The van der Waals surface area contributed by atoms with Crippen molar-refractivity contribution in [3.63, 3.8) is 0 Å². The molecule has 0 bridgehead atoms. The molecule has 1 N–H and O–H groups in total. The highest BCUT2D eigenvalue weighted by Gasteiger charge is 2.14. The van der Waals surface area contributed by atoms with E-state index in [1.165, 1.54) is 12.8 Å². The topological polar surface area (TPSA) is 64.8 Å². The number of para-hydroxylation sites is 1. The Hall–Kier alpha value is -2.61. The Kier molecular flexibility index (Phi) is 3.46. The van der Waals surface area contributed by atoms with Crippen LogP contribution in [0.4, 0.5) is 17.5 Å². The summed E-state index contributed by atoms with van der Waals surface area (Å²) in [6, 6.07) is 11.4. The van der Waals surface area contributed by atoms with Crippen molar-refractivity contribution in [2.45, 2.75) is 12.8 Å². The molecule has 1 aromatic carbocycles. The van der Waals surface area contributed by atoms with Crippen molar-refractivity contribution >= 4 is 17.5 Å². The molecule has 100 valence electrons. The van der Waals surface area contributed by atoms with E-state index in [0.29, 0.717) is 11.5 Å². The summed E-state index contributed by atoms with van der Waals surface area (Å²) in [5, 5.41) is 12.2. The number of hydrogen-bond donors (Lipinski definition) is 1. The lowest BCUT2D eigenvalue weighted by Crippen LogP contribution is -2.19. The first-order valence-corrected chi connectivity index (χ1v) is 6.71. The van der Waals surface area contributed by atoms with Crippen LogP contribution in [0.5, 0.6) is 0 Å². The monoisotopic (exact) mass is 265 g/mol. The molecule has 1 aromatic heterocycles. The number of aromatic nitrogens is 2. The van der Waals surface area contributed by atoms with Crippen LogP contribution in [-0.4, -0.2) is 23.1 Å². The number of rotatable bonds is 3. The van der Waals surface area contributed by atoms with Crippen LogP contribution in [0.1, 0.15) is 18.4 Å². The summed E-state index contributed by atoms with van der Waals surface area (Å²) >= 11 is 0. The molecule has 20 heavy (non-hydrogen) atoms. The second kappa shape index (κ2) is 5.57. The van der Waals surface area contributed by atoms with E-state index in [9.17, 15) is 0 Å². The minimum Gasteiger partial charge on any atom is -0.356 e. The van der Waals surface area contributed by atoms with Crippen molar-refractivity contribution < 1.29 is 0 Å².